The van der Waals surface area contributed by atoms with Crippen LogP contribution in [0.2, 0.25) is 0 Å². The number of nitrogens with zero attached hydrogens (tertiary/aromatic N) is 2. The Labute approximate surface area is 206 Å². The number of hydrogen-bond acceptors (Lipinski definition) is 4. The van der Waals surface area contributed by atoms with E-state index in [0.29, 0.717) is 13.2 Å². The molecule has 6 nitrogen and oxygen atoms in total. The quantitative estimate of drug-likeness (QED) is 0.293. The van der Waals surface area contributed by atoms with Gasteiger partial charge in [-0.2, -0.15) is 0 Å². The number of carbonyl (C=O) groups excluding carboxylic acids is 1. The maximum Gasteiger partial charge on any atom is 0.258 e. The zero-order valence-electron chi connectivity index (χ0n) is 20.7. The average molecular weight is 472 g/mol. The van der Waals surface area contributed by atoms with Crippen LogP contribution < -0.4 is 14.8 Å². The van der Waals surface area contributed by atoms with Gasteiger partial charge in [-0.15, -0.1) is 0 Å². The number of imidazole rings is 1. The number of fused-ring (bicyclic) bond motifs is 1. The fourth-order valence-corrected chi connectivity index (χ4v) is 4.02. The summed E-state index contributed by atoms with van der Waals surface area (Å²) >= 11 is 0. The van der Waals surface area contributed by atoms with Gasteiger partial charge in [-0.05, 0) is 74.6 Å². The van der Waals surface area contributed by atoms with E-state index in [4.69, 9.17) is 14.5 Å². The van der Waals surface area contributed by atoms with Gasteiger partial charge in [0.05, 0.1) is 24.2 Å². The molecule has 1 amide bonds. The van der Waals surface area contributed by atoms with Gasteiger partial charge in [-0.25, -0.2) is 4.98 Å². The molecule has 0 saturated carbocycles. The van der Waals surface area contributed by atoms with E-state index in [1.54, 1.807) is 0 Å². The lowest BCUT2D eigenvalue weighted by Gasteiger charge is -2.12. The molecule has 0 aliphatic rings. The summed E-state index contributed by atoms with van der Waals surface area (Å²) in [5.41, 5.74) is 5.26. The molecule has 1 N–H and O–H groups in total. The second-order valence-corrected chi connectivity index (χ2v) is 8.82. The fraction of sp³-hybridized carbons (Fsp3) is 0.310. The number of para-hydroxylation sites is 3. The summed E-state index contributed by atoms with van der Waals surface area (Å²) in [7, 11) is 0. The first kappa shape index (κ1) is 24.3. The molecule has 0 unspecified atom stereocenters. The molecule has 1 heterocycles. The topological polar surface area (TPSA) is 65.4 Å². The van der Waals surface area contributed by atoms with Crippen LogP contribution in [0.1, 0.15) is 35.4 Å². The lowest BCUT2D eigenvalue weighted by Crippen LogP contribution is -2.29. The van der Waals surface area contributed by atoms with Crippen molar-refractivity contribution in [2.24, 2.45) is 0 Å². The third-order valence-electron chi connectivity index (χ3n) is 6.01. The molecule has 35 heavy (non-hydrogen) atoms. The first-order valence-electron chi connectivity index (χ1n) is 12.1. The molecule has 0 bridgehead atoms. The van der Waals surface area contributed by atoms with Crippen molar-refractivity contribution in [3.8, 4) is 11.5 Å². The van der Waals surface area contributed by atoms with Gasteiger partial charge in [0.2, 0.25) is 0 Å². The molecule has 6 heteroatoms. The van der Waals surface area contributed by atoms with Crippen molar-refractivity contribution >= 4 is 16.9 Å². The molecule has 4 aromatic rings. The van der Waals surface area contributed by atoms with Gasteiger partial charge in [0, 0.05) is 6.54 Å². The minimum Gasteiger partial charge on any atom is -0.493 e. The summed E-state index contributed by atoms with van der Waals surface area (Å²) in [6, 6.07) is 22.1. The highest BCUT2D eigenvalue weighted by molar-refractivity contribution is 5.78. The Morgan fingerprint density at radius 2 is 1.66 bits per heavy atom. The standard InChI is InChI=1S/C29H33N3O3/c1-21-14-15-23(3)27(18-21)35-20-29(33)30-19-28-31-24-11-5-6-12-25(24)32(28)16-8-9-17-34-26-13-7-4-10-22(26)2/h4-7,10-15,18H,8-9,16-17,19-20H2,1-3H3,(H,30,33). The van der Waals surface area contributed by atoms with Crippen LogP contribution in [0.4, 0.5) is 0 Å². The number of amides is 1. The number of nitrogens with one attached hydrogen (secondary N) is 1. The molecule has 0 fully saturated rings. The Hall–Kier alpha value is -3.80. The Bertz CT molecular complexity index is 1300. The zero-order chi connectivity index (χ0) is 24.6. The molecule has 1 aromatic heterocycles. The summed E-state index contributed by atoms with van der Waals surface area (Å²) in [5.74, 6) is 2.34. The Morgan fingerprint density at radius 1 is 0.886 bits per heavy atom. The van der Waals surface area contributed by atoms with Crippen molar-refractivity contribution in [1.29, 1.82) is 0 Å². The molecule has 182 valence electrons. The second kappa shape index (κ2) is 11.6. The molecular weight excluding hydrogens is 438 g/mol. The van der Waals surface area contributed by atoms with Crippen molar-refractivity contribution in [3.05, 3.63) is 89.2 Å². The van der Waals surface area contributed by atoms with E-state index in [-0.39, 0.29) is 12.5 Å². The SMILES string of the molecule is Cc1ccc(C)c(OCC(=O)NCc2nc3ccccc3n2CCCCOc2ccccc2C)c1. The van der Waals surface area contributed by atoms with Crippen molar-refractivity contribution in [2.45, 2.75) is 46.7 Å². The Morgan fingerprint density at radius 3 is 2.51 bits per heavy atom. The summed E-state index contributed by atoms with van der Waals surface area (Å²) in [4.78, 5) is 17.2. The summed E-state index contributed by atoms with van der Waals surface area (Å²) in [6.07, 6.45) is 1.87. The summed E-state index contributed by atoms with van der Waals surface area (Å²) in [5, 5.41) is 2.96. The first-order chi connectivity index (χ1) is 17.0. The molecule has 3 aromatic carbocycles. The maximum absolute atomic E-state index is 12.5. The molecule has 0 atom stereocenters. The number of aromatic nitrogens is 2. The zero-order valence-corrected chi connectivity index (χ0v) is 20.7. The Balaban J connectivity index is 1.32. The van der Waals surface area contributed by atoms with E-state index < -0.39 is 0 Å². The van der Waals surface area contributed by atoms with E-state index in [0.717, 1.165) is 64.4 Å². The van der Waals surface area contributed by atoms with Crippen LogP contribution in [0.15, 0.2) is 66.7 Å². The normalized spacial score (nSPS) is 10.9. The largest absolute Gasteiger partial charge is 0.493 e. The predicted octanol–water partition coefficient (Wildman–Crippen LogP) is 5.52. The first-order valence-corrected chi connectivity index (χ1v) is 12.1. The third-order valence-corrected chi connectivity index (χ3v) is 6.01. The lowest BCUT2D eigenvalue weighted by molar-refractivity contribution is -0.123. The molecule has 4 rings (SSSR count). The van der Waals surface area contributed by atoms with Gasteiger partial charge in [-0.1, -0.05) is 42.5 Å². The summed E-state index contributed by atoms with van der Waals surface area (Å²) < 4.78 is 13.9. The van der Waals surface area contributed by atoms with Crippen molar-refractivity contribution in [3.63, 3.8) is 0 Å². The molecule has 0 spiro atoms. The van der Waals surface area contributed by atoms with E-state index >= 15 is 0 Å². The second-order valence-electron chi connectivity index (χ2n) is 8.82. The van der Waals surface area contributed by atoms with Crippen LogP contribution in [0.3, 0.4) is 0 Å². The number of aryl methyl sites for hydroxylation is 4. The van der Waals surface area contributed by atoms with E-state index in [2.05, 4.69) is 28.9 Å². The van der Waals surface area contributed by atoms with Crippen molar-refractivity contribution in [2.75, 3.05) is 13.2 Å². The van der Waals surface area contributed by atoms with E-state index in [1.165, 1.54) is 0 Å². The van der Waals surface area contributed by atoms with E-state index in [9.17, 15) is 4.79 Å². The van der Waals surface area contributed by atoms with Crippen LogP contribution in [-0.2, 0) is 17.9 Å². The molecule has 0 aliphatic heterocycles. The molecule has 0 radical (unpaired) electrons. The minimum absolute atomic E-state index is 0.0270. The van der Waals surface area contributed by atoms with Crippen molar-refractivity contribution in [1.82, 2.24) is 14.9 Å². The van der Waals surface area contributed by atoms with Crippen LogP contribution in [-0.4, -0.2) is 28.7 Å². The lowest BCUT2D eigenvalue weighted by atomic mass is 10.1. The average Bonchev–Trinajstić information content (AvgIpc) is 3.21. The third kappa shape index (κ3) is 6.41. The van der Waals surface area contributed by atoms with Gasteiger partial charge < -0.3 is 19.4 Å². The van der Waals surface area contributed by atoms with Crippen LogP contribution in [0.25, 0.3) is 11.0 Å². The van der Waals surface area contributed by atoms with Gasteiger partial charge in [0.25, 0.3) is 5.91 Å². The Kier molecular flexibility index (Phi) is 8.03. The van der Waals surface area contributed by atoms with Crippen LogP contribution >= 0.6 is 0 Å². The highest BCUT2D eigenvalue weighted by atomic mass is 16.5. The van der Waals surface area contributed by atoms with Gasteiger partial charge in [0.1, 0.15) is 17.3 Å². The van der Waals surface area contributed by atoms with Crippen LogP contribution in [0.5, 0.6) is 11.5 Å². The molecular formula is C29H33N3O3. The number of unbranched alkanes of at least 4 members (excludes halogenated alkanes) is 1. The highest BCUT2D eigenvalue weighted by Crippen LogP contribution is 2.20. The predicted molar refractivity (Wildman–Crippen MR) is 139 cm³/mol. The van der Waals surface area contributed by atoms with Gasteiger partial charge in [0.15, 0.2) is 6.61 Å². The number of benzene rings is 3. The van der Waals surface area contributed by atoms with Gasteiger partial charge >= 0.3 is 0 Å². The van der Waals surface area contributed by atoms with Crippen molar-refractivity contribution < 1.29 is 14.3 Å². The van der Waals surface area contributed by atoms with Gasteiger partial charge in [-0.3, -0.25) is 4.79 Å². The van der Waals surface area contributed by atoms with Crippen LogP contribution in [0, 0.1) is 20.8 Å². The number of rotatable bonds is 11. The molecule has 0 aliphatic carbocycles. The maximum atomic E-state index is 12.5. The summed E-state index contributed by atoms with van der Waals surface area (Å²) in [6.45, 7) is 7.83. The molecule has 0 saturated heterocycles. The number of carbonyl (C=O) groups is 1. The number of hydrogen-bond donors (Lipinski definition) is 1. The number of ether oxygens (including phenoxy) is 2. The minimum atomic E-state index is -0.170. The smallest absolute Gasteiger partial charge is 0.258 e. The van der Waals surface area contributed by atoms with E-state index in [1.807, 2.05) is 68.4 Å². The fourth-order valence-electron chi connectivity index (χ4n) is 4.02. The monoisotopic (exact) mass is 471 g/mol. The highest BCUT2D eigenvalue weighted by Gasteiger charge is 2.12.